The molecule has 1 fully saturated rings. The van der Waals surface area contributed by atoms with E-state index < -0.39 is 0 Å². The Balaban J connectivity index is 2.48. The number of aliphatic hydroxyl groups is 1. The third kappa shape index (κ3) is 2.22. The zero-order valence-electron chi connectivity index (χ0n) is 8.59. The molecule has 1 heteroatoms. The summed E-state index contributed by atoms with van der Waals surface area (Å²) < 4.78 is 0. The molecule has 12 heavy (non-hydrogen) atoms. The Bertz CT molecular complexity index is 129. The molecule has 0 amide bonds. The minimum absolute atomic E-state index is 0.0530. The Morgan fingerprint density at radius 2 is 2.00 bits per heavy atom. The Kier molecular flexibility index (Phi) is 3.57. The highest BCUT2D eigenvalue weighted by atomic mass is 16.3. The number of hydrogen-bond donors (Lipinski definition) is 1. The maximum absolute atomic E-state index is 9.77. The zero-order valence-corrected chi connectivity index (χ0v) is 8.59. The van der Waals surface area contributed by atoms with Crippen molar-refractivity contribution in [2.75, 3.05) is 0 Å². The molecule has 1 nitrogen and oxygen atoms in total. The van der Waals surface area contributed by atoms with Gasteiger partial charge in [-0.25, -0.2) is 0 Å². The van der Waals surface area contributed by atoms with Crippen molar-refractivity contribution in [1.29, 1.82) is 0 Å². The van der Waals surface area contributed by atoms with Gasteiger partial charge in [-0.1, -0.05) is 33.6 Å². The summed E-state index contributed by atoms with van der Waals surface area (Å²) in [6, 6.07) is 0. The molecule has 4 unspecified atom stereocenters. The molecule has 0 saturated heterocycles. The lowest BCUT2D eigenvalue weighted by atomic mass is 9.72. The van der Waals surface area contributed by atoms with Crippen molar-refractivity contribution in [2.45, 2.75) is 52.6 Å². The van der Waals surface area contributed by atoms with Crippen molar-refractivity contribution in [3.63, 3.8) is 0 Å². The van der Waals surface area contributed by atoms with Gasteiger partial charge in [0.2, 0.25) is 0 Å². The first kappa shape index (κ1) is 10.0. The van der Waals surface area contributed by atoms with E-state index in [0.717, 1.165) is 18.3 Å². The molecule has 0 radical (unpaired) electrons. The monoisotopic (exact) mass is 170 g/mol. The van der Waals surface area contributed by atoms with Crippen LogP contribution in [0.15, 0.2) is 0 Å². The maximum atomic E-state index is 9.77. The van der Waals surface area contributed by atoms with E-state index in [1.165, 1.54) is 19.3 Å². The average molecular weight is 170 g/mol. The van der Waals surface area contributed by atoms with Crippen molar-refractivity contribution >= 4 is 0 Å². The third-order valence-corrected chi connectivity index (χ3v) is 3.43. The Morgan fingerprint density at radius 3 is 2.58 bits per heavy atom. The first-order chi connectivity index (χ1) is 5.65. The average Bonchev–Trinajstić information content (AvgIpc) is 2.08. The second kappa shape index (κ2) is 4.27. The molecule has 0 aliphatic heterocycles. The highest BCUT2D eigenvalue weighted by Crippen LogP contribution is 2.36. The van der Waals surface area contributed by atoms with Crippen LogP contribution < -0.4 is 0 Å². The summed E-state index contributed by atoms with van der Waals surface area (Å²) >= 11 is 0. The molecule has 0 aromatic heterocycles. The molecule has 0 spiro atoms. The van der Waals surface area contributed by atoms with Crippen LogP contribution in [-0.2, 0) is 0 Å². The van der Waals surface area contributed by atoms with Crippen LogP contribution in [-0.4, -0.2) is 11.2 Å². The molecule has 4 atom stereocenters. The fraction of sp³-hybridized carbons (Fsp3) is 1.00. The summed E-state index contributed by atoms with van der Waals surface area (Å²) in [5.74, 6) is 2.13. The fourth-order valence-corrected chi connectivity index (χ4v) is 2.42. The van der Waals surface area contributed by atoms with Gasteiger partial charge in [-0.15, -0.1) is 0 Å². The van der Waals surface area contributed by atoms with Gasteiger partial charge in [0.25, 0.3) is 0 Å². The molecular weight excluding hydrogens is 148 g/mol. The van der Waals surface area contributed by atoms with Crippen molar-refractivity contribution in [3.05, 3.63) is 0 Å². The van der Waals surface area contributed by atoms with Crippen molar-refractivity contribution in [3.8, 4) is 0 Å². The quantitative estimate of drug-likeness (QED) is 0.675. The molecule has 1 rings (SSSR count). The van der Waals surface area contributed by atoms with Gasteiger partial charge in [-0.2, -0.15) is 0 Å². The van der Waals surface area contributed by atoms with Crippen LogP contribution >= 0.6 is 0 Å². The van der Waals surface area contributed by atoms with Crippen molar-refractivity contribution < 1.29 is 5.11 Å². The molecular formula is C11H22O. The van der Waals surface area contributed by atoms with Gasteiger partial charge in [-0.05, 0) is 30.6 Å². The van der Waals surface area contributed by atoms with Gasteiger partial charge < -0.3 is 5.11 Å². The number of aliphatic hydroxyl groups excluding tert-OH is 1. The normalized spacial score (nSPS) is 39.5. The van der Waals surface area contributed by atoms with Crippen molar-refractivity contribution in [1.82, 2.24) is 0 Å². The van der Waals surface area contributed by atoms with E-state index in [9.17, 15) is 5.11 Å². The highest BCUT2D eigenvalue weighted by Gasteiger charge is 2.29. The van der Waals surface area contributed by atoms with Crippen LogP contribution in [0.1, 0.15) is 46.5 Å². The third-order valence-electron chi connectivity index (χ3n) is 3.43. The predicted molar refractivity (Wildman–Crippen MR) is 52.0 cm³/mol. The van der Waals surface area contributed by atoms with E-state index in [-0.39, 0.29) is 6.10 Å². The van der Waals surface area contributed by atoms with E-state index in [2.05, 4.69) is 20.8 Å². The summed E-state index contributed by atoms with van der Waals surface area (Å²) in [6.45, 7) is 6.67. The number of hydrogen-bond acceptors (Lipinski definition) is 1. The van der Waals surface area contributed by atoms with E-state index in [0.29, 0.717) is 5.92 Å². The summed E-state index contributed by atoms with van der Waals surface area (Å²) in [5, 5.41) is 9.77. The minimum atomic E-state index is -0.0530. The number of rotatable bonds is 2. The van der Waals surface area contributed by atoms with E-state index in [4.69, 9.17) is 0 Å². The summed E-state index contributed by atoms with van der Waals surface area (Å²) in [6.07, 6.45) is 4.76. The Labute approximate surface area is 76.2 Å². The molecule has 1 aliphatic carbocycles. The Hall–Kier alpha value is -0.0400. The summed E-state index contributed by atoms with van der Waals surface area (Å²) in [5.41, 5.74) is 0. The van der Waals surface area contributed by atoms with Gasteiger partial charge >= 0.3 is 0 Å². The van der Waals surface area contributed by atoms with E-state index >= 15 is 0 Å². The highest BCUT2D eigenvalue weighted by molar-refractivity contribution is 4.80. The molecule has 0 heterocycles. The molecule has 1 saturated carbocycles. The lowest BCUT2D eigenvalue weighted by Crippen LogP contribution is -2.31. The second-order valence-corrected chi connectivity index (χ2v) is 4.53. The molecule has 72 valence electrons. The fourth-order valence-electron chi connectivity index (χ4n) is 2.42. The van der Waals surface area contributed by atoms with Gasteiger partial charge in [0.1, 0.15) is 0 Å². The molecule has 0 aromatic carbocycles. The Morgan fingerprint density at radius 1 is 1.33 bits per heavy atom. The maximum Gasteiger partial charge on any atom is 0.0568 e. The van der Waals surface area contributed by atoms with Gasteiger partial charge in [0, 0.05) is 0 Å². The molecule has 0 aromatic rings. The second-order valence-electron chi connectivity index (χ2n) is 4.53. The summed E-state index contributed by atoms with van der Waals surface area (Å²) in [7, 11) is 0. The lowest BCUT2D eigenvalue weighted by Gasteiger charge is -2.35. The molecule has 1 aliphatic rings. The first-order valence-corrected chi connectivity index (χ1v) is 5.33. The van der Waals surface area contributed by atoms with Crippen LogP contribution in [0.2, 0.25) is 0 Å². The van der Waals surface area contributed by atoms with Gasteiger partial charge in [0.15, 0.2) is 0 Å². The standard InChI is InChI=1S/C11H22O/c1-4-11(12)10-7-8(2)5-6-9(10)3/h8-12H,4-7H2,1-3H3. The lowest BCUT2D eigenvalue weighted by molar-refractivity contribution is 0.0367. The van der Waals surface area contributed by atoms with E-state index in [1.54, 1.807) is 0 Å². The zero-order chi connectivity index (χ0) is 9.14. The predicted octanol–water partition coefficient (Wildman–Crippen LogP) is 2.83. The summed E-state index contributed by atoms with van der Waals surface area (Å²) in [4.78, 5) is 0. The van der Waals surface area contributed by atoms with Crippen LogP contribution in [0.4, 0.5) is 0 Å². The largest absolute Gasteiger partial charge is 0.393 e. The first-order valence-electron chi connectivity index (χ1n) is 5.33. The van der Waals surface area contributed by atoms with Gasteiger partial charge in [0.05, 0.1) is 6.10 Å². The van der Waals surface area contributed by atoms with E-state index in [1.807, 2.05) is 0 Å². The minimum Gasteiger partial charge on any atom is -0.393 e. The van der Waals surface area contributed by atoms with Crippen LogP contribution in [0.3, 0.4) is 0 Å². The smallest absolute Gasteiger partial charge is 0.0568 e. The topological polar surface area (TPSA) is 20.2 Å². The SMILES string of the molecule is CCC(O)C1CC(C)CCC1C. The molecule has 1 N–H and O–H groups in total. The van der Waals surface area contributed by atoms with Crippen LogP contribution in [0.5, 0.6) is 0 Å². The van der Waals surface area contributed by atoms with Crippen molar-refractivity contribution in [2.24, 2.45) is 17.8 Å². The molecule has 0 bridgehead atoms. The van der Waals surface area contributed by atoms with Crippen LogP contribution in [0, 0.1) is 17.8 Å². The van der Waals surface area contributed by atoms with Gasteiger partial charge in [-0.3, -0.25) is 0 Å². The van der Waals surface area contributed by atoms with Crippen LogP contribution in [0.25, 0.3) is 0 Å².